The number of hydrogen-bond acceptors (Lipinski definition) is 3. The van der Waals surface area contributed by atoms with Crippen LogP contribution in [0.5, 0.6) is 0 Å². The van der Waals surface area contributed by atoms with E-state index in [1.165, 1.54) is 0 Å². The SMILES string of the molecule is CC(C)C1N=c2c(Br)c(N)ccc2=CN1c1ccc(Cl)cc1. The normalized spacial score (nSPS) is 17.0. The highest BCUT2D eigenvalue weighted by molar-refractivity contribution is 9.10. The molecule has 0 amide bonds. The number of nitrogen functional groups attached to an aromatic ring is 1. The third-order valence-electron chi connectivity index (χ3n) is 3.72. The number of nitrogens with two attached hydrogens (primary N) is 1. The zero-order valence-electron chi connectivity index (χ0n) is 12.4. The molecule has 2 aromatic carbocycles. The first kappa shape index (κ1) is 15.4. The molecule has 0 aromatic heterocycles. The van der Waals surface area contributed by atoms with Crippen LogP contribution < -0.4 is 21.2 Å². The van der Waals surface area contributed by atoms with Crippen LogP contribution in [0.2, 0.25) is 5.02 Å². The molecule has 3 rings (SSSR count). The summed E-state index contributed by atoms with van der Waals surface area (Å²) in [6.45, 7) is 4.33. The second kappa shape index (κ2) is 5.94. The van der Waals surface area contributed by atoms with Crippen LogP contribution in [0.3, 0.4) is 0 Å². The summed E-state index contributed by atoms with van der Waals surface area (Å²) >= 11 is 9.55. The Morgan fingerprint density at radius 3 is 2.50 bits per heavy atom. The molecular weight excluding hydrogens is 362 g/mol. The Morgan fingerprint density at radius 2 is 1.86 bits per heavy atom. The Labute approximate surface area is 143 Å². The molecule has 0 saturated carbocycles. The van der Waals surface area contributed by atoms with Crippen molar-refractivity contribution in [1.29, 1.82) is 0 Å². The Hall–Kier alpha value is -1.52. The standard InChI is InChI=1S/C17H17BrClN3/c1-10(2)17-21-16-11(3-8-14(20)15(16)18)9-22(17)13-6-4-12(19)5-7-13/h3-10,17H,20H2,1-2H3. The molecule has 1 atom stereocenters. The van der Waals surface area contributed by atoms with Gasteiger partial charge in [0.25, 0.3) is 0 Å². The van der Waals surface area contributed by atoms with E-state index in [0.29, 0.717) is 11.6 Å². The lowest BCUT2D eigenvalue weighted by Gasteiger charge is -2.33. The van der Waals surface area contributed by atoms with E-state index in [1.54, 1.807) is 0 Å². The molecule has 0 saturated heterocycles. The quantitative estimate of drug-likeness (QED) is 0.812. The van der Waals surface area contributed by atoms with E-state index in [4.69, 9.17) is 22.3 Å². The fourth-order valence-corrected chi connectivity index (χ4v) is 3.15. The Morgan fingerprint density at radius 1 is 1.18 bits per heavy atom. The number of rotatable bonds is 2. The smallest absolute Gasteiger partial charge is 0.128 e. The Bertz CT molecular complexity index is 815. The molecule has 5 heteroatoms. The molecule has 1 aliphatic rings. The lowest BCUT2D eigenvalue weighted by atomic mass is 10.1. The van der Waals surface area contributed by atoms with Crippen molar-refractivity contribution in [3.05, 3.63) is 56.5 Å². The summed E-state index contributed by atoms with van der Waals surface area (Å²) in [4.78, 5) is 7.11. The minimum atomic E-state index is 0.0202. The zero-order valence-corrected chi connectivity index (χ0v) is 14.8. The Balaban J connectivity index is 2.19. The van der Waals surface area contributed by atoms with E-state index >= 15 is 0 Å². The van der Waals surface area contributed by atoms with Gasteiger partial charge in [-0.3, -0.25) is 4.99 Å². The van der Waals surface area contributed by atoms with Crippen molar-refractivity contribution in [2.24, 2.45) is 10.9 Å². The van der Waals surface area contributed by atoms with Gasteiger partial charge in [-0.2, -0.15) is 0 Å². The van der Waals surface area contributed by atoms with Crippen molar-refractivity contribution in [1.82, 2.24) is 0 Å². The van der Waals surface area contributed by atoms with Crippen molar-refractivity contribution in [3.63, 3.8) is 0 Å². The van der Waals surface area contributed by atoms with E-state index in [-0.39, 0.29) is 6.17 Å². The average molecular weight is 379 g/mol. The first-order chi connectivity index (χ1) is 10.5. The van der Waals surface area contributed by atoms with Crippen LogP contribution in [0, 0.1) is 5.92 Å². The number of anilines is 2. The number of nitrogens with zero attached hydrogens (tertiary/aromatic N) is 2. The molecule has 3 nitrogen and oxygen atoms in total. The maximum Gasteiger partial charge on any atom is 0.128 e. The summed E-state index contributed by atoms with van der Waals surface area (Å²) in [7, 11) is 0. The van der Waals surface area contributed by atoms with Crippen LogP contribution in [0.15, 0.2) is 45.9 Å². The van der Waals surface area contributed by atoms with E-state index in [9.17, 15) is 0 Å². The number of hydrogen-bond donors (Lipinski definition) is 1. The predicted molar refractivity (Wildman–Crippen MR) is 96.4 cm³/mol. The predicted octanol–water partition coefficient (Wildman–Crippen LogP) is 3.54. The van der Waals surface area contributed by atoms with Crippen LogP contribution in [0.4, 0.5) is 11.4 Å². The monoisotopic (exact) mass is 377 g/mol. The van der Waals surface area contributed by atoms with Crippen LogP contribution in [-0.2, 0) is 0 Å². The van der Waals surface area contributed by atoms with Gasteiger partial charge in [0.15, 0.2) is 0 Å². The molecular formula is C17H17BrClN3. The van der Waals surface area contributed by atoms with Gasteiger partial charge in [-0.05, 0) is 58.2 Å². The maximum absolute atomic E-state index is 6.00. The van der Waals surface area contributed by atoms with Crippen LogP contribution in [0.1, 0.15) is 13.8 Å². The third-order valence-corrected chi connectivity index (χ3v) is 4.81. The lowest BCUT2D eigenvalue weighted by Crippen LogP contribution is -2.45. The highest BCUT2D eigenvalue weighted by Crippen LogP contribution is 2.25. The van der Waals surface area contributed by atoms with E-state index in [2.05, 4.69) is 40.9 Å². The van der Waals surface area contributed by atoms with Gasteiger partial charge in [0.05, 0.1) is 9.83 Å². The van der Waals surface area contributed by atoms with E-state index in [0.717, 1.165) is 25.8 Å². The van der Waals surface area contributed by atoms with Gasteiger partial charge < -0.3 is 10.6 Å². The van der Waals surface area contributed by atoms with Gasteiger partial charge in [-0.1, -0.05) is 25.4 Å². The molecule has 114 valence electrons. The first-order valence-corrected chi connectivity index (χ1v) is 8.32. The van der Waals surface area contributed by atoms with Gasteiger partial charge >= 0.3 is 0 Å². The molecule has 2 aromatic rings. The highest BCUT2D eigenvalue weighted by Gasteiger charge is 2.23. The molecule has 2 N–H and O–H groups in total. The van der Waals surface area contributed by atoms with E-state index in [1.807, 2.05) is 36.4 Å². The summed E-state index contributed by atoms with van der Waals surface area (Å²) in [6.07, 6.45) is 2.15. The zero-order chi connectivity index (χ0) is 15.9. The fourth-order valence-electron chi connectivity index (χ4n) is 2.56. The molecule has 1 unspecified atom stereocenters. The summed E-state index contributed by atoms with van der Waals surface area (Å²) in [5.41, 5.74) is 7.76. The van der Waals surface area contributed by atoms with Gasteiger partial charge in [-0.25, -0.2) is 0 Å². The van der Waals surface area contributed by atoms with Crippen molar-refractivity contribution < 1.29 is 0 Å². The molecule has 0 bridgehead atoms. The van der Waals surface area contributed by atoms with Gasteiger partial charge in [0, 0.05) is 27.8 Å². The van der Waals surface area contributed by atoms with Gasteiger partial charge in [0.2, 0.25) is 0 Å². The highest BCUT2D eigenvalue weighted by atomic mass is 79.9. The molecule has 0 fully saturated rings. The van der Waals surface area contributed by atoms with Crippen molar-refractivity contribution in [3.8, 4) is 0 Å². The number of benzene rings is 2. The third kappa shape index (κ3) is 2.73. The largest absolute Gasteiger partial charge is 0.398 e. The summed E-state index contributed by atoms with van der Waals surface area (Å²) < 4.78 is 0.864. The first-order valence-electron chi connectivity index (χ1n) is 7.15. The van der Waals surface area contributed by atoms with Crippen LogP contribution >= 0.6 is 27.5 Å². The minimum absolute atomic E-state index is 0.0202. The van der Waals surface area contributed by atoms with Gasteiger partial charge in [-0.15, -0.1) is 0 Å². The van der Waals surface area contributed by atoms with Gasteiger partial charge in [0.1, 0.15) is 6.17 Å². The second-order valence-electron chi connectivity index (χ2n) is 5.71. The lowest BCUT2D eigenvalue weighted by molar-refractivity contribution is 0.492. The molecule has 22 heavy (non-hydrogen) atoms. The molecule has 0 spiro atoms. The van der Waals surface area contributed by atoms with Crippen molar-refractivity contribution in [2.45, 2.75) is 20.0 Å². The van der Waals surface area contributed by atoms with Crippen LogP contribution in [0.25, 0.3) is 6.20 Å². The summed E-state index contributed by atoms with van der Waals surface area (Å²) in [6, 6.07) is 11.7. The molecule has 0 aliphatic carbocycles. The molecule has 1 heterocycles. The minimum Gasteiger partial charge on any atom is -0.398 e. The summed E-state index contributed by atoms with van der Waals surface area (Å²) in [5.74, 6) is 0.355. The average Bonchev–Trinajstić information content (AvgIpc) is 2.51. The Kier molecular flexibility index (Phi) is 4.15. The van der Waals surface area contributed by atoms with Crippen LogP contribution in [-0.4, -0.2) is 6.17 Å². The number of halogens is 2. The van der Waals surface area contributed by atoms with Crippen molar-refractivity contribution >= 4 is 45.1 Å². The van der Waals surface area contributed by atoms with E-state index < -0.39 is 0 Å². The molecule has 0 radical (unpaired) electrons. The van der Waals surface area contributed by atoms with Crippen molar-refractivity contribution in [2.75, 3.05) is 10.6 Å². The summed E-state index contributed by atoms with van der Waals surface area (Å²) in [5, 5.41) is 2.70. The topological polar surface area (TPSA) is 41.6 Å². The maximum atomic E-state index is 6.00. The molecule has 1 aliphatic heterocycles. The fraction of sp³-hybridized carbons (Fsp3) is 0.235. The number of fused-ring (bicyclic) bond motifs is 1. The second-order valence-corrected chi connectivity index (χ2v) is 6.94.